The number of anilines is 1. The second kappa shape index (κ2) is 10.6. The first-order valence-electron chi connectivity index (χ1n) is 13.3. The van der Waals surface area contributed by atoms with Gasteiger partial charge in [0, 0.05) is 24.1 Å². The highest BCUT2D eigenvalue weighted by atomic mass is 19.1. The minimum Gasteiger partial charge on any atom is -0.363 e. The highest BCUT2D eigenvalue weighted by Crippen LogP contribution is 2.48. The van der Waals surface area contributed by atoms with E-state index in [1.807, 2.05) is 5.32 Å². The molecule has 49 heavy (non-hydrogen) atoms. The number of carbonyl (C=O) groups excluding carboxylic acids is 3. The van der Waals surface area contributed by atoms with Crippen molar-refractivity contribution in [3.63, 3.8) is 0 Å². The molecular formula is C25H27FN4O19. The first kappa shape index (κ1) is 36.4. The van der Waals surface area contributed by atoms with Crippen LogP contribution in [-0.2, 0) is 32.1 Å². The molecule has 1 unspecified atom stereocenters. The summed E-state index contributed by atoms with van der Waals surface area (Å²) in [6.07, 6.45) is -1.33. The van der Waals surface area contributed by atoms with Gasteiger partial charge in [-0.1, -0.05) is 12.1 Å². The second-order valence-corrected chi connectivity index (χ2v) is 11.3. The van der Waals surface area contributed by atoms with E-state index in [2.05, 4.69) is 4.74 Å². The Labute approximate surface area is 269 Å². The molecule has 1 atom stereocenters. The molecule has 2 saturated heterocycles. The standard InChI is InChI=1S/C25H27FN4O19/c26-12-8-9(20(37,38)30-22(41,42)24(45,46)49-25(47,48)23(30,43)44)4-5-11(12)19(35,36)28-13-3-1-2-10-15(13)21(39,40)29(16(10)32)18(34)7-6-14(31)27-17(18)33/h1-5,8,28,34-48H,6-7H2,(H,27,31,33). The molecule has 23 nitrogen and oxygen atoms in total. The summed E-state index contributed by atoms with van der Waals surface area (Å²) in [6, 6.07) is 3.43. The number of ether oxygens (including phenoxy) is 1. The van der Waals surface area contributed by atoms with Crippen molar-refractivity contribution in [1.29, 1.82) is 0 Å². The van der Waals surface area contributed by atoms with Crippen molar-refractivity contribution in [2.24, 2.45) is 0 Å². The molecule has 5 rings (SSSR count). The molecule has 3 amide bonds. The Morgan fingerprint density at radius 3 is 1.94 bits per heavy atom. The smallest absolute Gasteiger partial charge is 0.356 e. The molecule has 0 saturated carbocycles. The maximum Gasteiger partial charge on any atom is 0.356 e. The summed E-state index contributed by atoms with van der Waals surface area (Å²) < 4.78 is 19.0. The van der Waals surface area contributed by atoms with Crippen LogP contribution in [0, 0.1) is 5.82 Å². The summed E-state index contributed by atoms with van der Waals surface area (Å²) in [6.45, 7) is 0. The predicted octanol–water partition coefficient (Wildman–Crippen LogP) is -8.31. The summed E-state index contributed by atoms with van der Waals surface area (Å²) >= 11 is 0. The van der Waals surface area contributed by atoms with Gasteiger partial charge < -0.3 is 81.9 Å². The summed E-state index contributed by atoms with van der Waals surface area (Å²) in [5.41, 5.74) is -8.07. The minimum absolute atomic E-state index is 0.0613. The van der Waals surface area contributed by atoms with Gasteiger partial charge in [-0.15, -0.1) is 4.90 Å². The quantitative estimate of drug-likeness (QED) is 0.0979. The zero-order valence-electron chi connectivity index (χ0n) is 24.0. The maximum absolute atomic E-state index is 15.4. The number of carbonyl (C=O) groups is 3. The number of rotatable bonds is 6. The number of halogens is 1. The van der Waals surface area contributed by atoms with E-state index >= 15 is 4.39 Å². The number of amides is 3. The predicted molar refractivity (Wildman–Crippen MR) is 140 cm³/mol. The van der Waals surface area contributed by atoms with E-state index in [0.717, 1.165) is 18.2 Å². The lowest BCUT2D eigenvalue weighted by Gasteiger charge is -2.57. The van der Waals surface area contributed by atoms with Crippen LogP contribution in [0.3, 0.4) is 0 Å². The Morgan fingerprint density at radius 1 is 0.837 bits per heavy atom. The molecule has 24 heteroatoms. The van der Waals surface area contributed by atoms with Crippen LogP contribution >= 0.6 is 0 Å². The lowest BCUT2D eigenvalue weighted by Crippen LogP contribution is -2.87. The Balaban J connectivity index is 1.51. The third-order valence-electron chi connectivity index (χ3n) is 7.97. The first-order chi connectivity index (χ1) is 22.1. The summed E-state index contributed by atoms with van der Waals surface area (Å²) in [7, 11) is 0. The van der Waals surface area contributed by atoms with E-state index in [1.165, 1.54) is 0 Å². The summed E-state index contributed by atoms with van der Waals surface area (Å²) in [4.78, 5) is 35.8. The van der Waals surface area contributed by atoms with E-state index in [-0.39, 0.29) is 11.0 Å². The van der Waals surface area contributed by atoms with Crippen molar-refractivity contribution >= 4 is 23.4 Å². The van der Waals surface area contributed by atoms with Crippen LogP contribution in [0.2, 0.25) is 0 Å². The molecule has 268 valence electrons. The van der Waals surface area contributed by atoms with Gasteiger partial charge in [-0.05, 0) is 24.3 Å². The van der Waals surface area contributed by atoms with Crippen LogP contribution in [0.4, 0.5) is 10.1 Å². The van der Waals surface area contributed by atoms with Gasteiger partial charge in [-0.2, -0.15) is 0 Å². The molecule has 0 aliphatic carbocycles. The van der Waals surface area contributed by atoms with E-state index in [1.54, 1.807) is 5.32 Å². The molecule has 2 aromatic rings. The Kier molecular flexibility index (Phi) is 7.84. The van der Waals surface area contributed by atoms with Gasteiger partial charge >= 0.3 is 23.8 Å². The molecule has 0 radical (unpaired) electrons. The number of piperidine rings is 1. The van der Waals surface area contributed by atoms with Crippen molar-refractivity contribution in [1.82, 2.24) is 15.1 Å². The van der Waals surface area contributed by atoms with Crippen LogP contribution in [0.5, 0.6) is 0 Å². The van der Waals surface area contributed by atoms with Crippen LogP contribution in [0.25, 0.3) is 0 Å². The number of hydrogen-bond donors (Lipinski definition) is 17. The van der Waals surface area contributed by atoms with E-state index in [4.69, 9.17) is 0 Å². The molecule has 0 spiro atoms. The minimum atomic E-state index is -4.77. The number of benzene rings is 2. The maximum atomic E-state index is 15.4. The molecule has 3 aliphatic heterocycles. The molecule has 2 aromatic carbocycles. The SMILES string of the molecule is O=C1CCC(O)(N2C(=O)c3cccc(NC(O)(O)c4ccc(C(O)(O)N5C(O)(O)C(O)(O)OC(O)(O)C5(O)O)cc4F)c3C2(O)O)C(=O)N1. The Morgan fingerprint density at radius 2 is 1.41 bits per heavy atom. The lowest BCUT2D eigenvalue weighted by molar-refractivity contribution is -0.681. The zero-order chi connectivity index (χ0) is 37.1. The highest BCUT2D eigenvalue weighted by Gasteiger charge is 2.78. The van der Waals surface area contributed by atoms with Gasteiger partial charge in [0.05, 0.1) is 16.7 Å². The average Bonchev–Trinajstić information content (AvgIpc) is 3.14. The van der Waals surface area contributed by atoms with Crippen molar-refractivity contribution in [2.45, 2.75) is 60.1 Å². The molecule has 2 fully saturated rings. The molecule has 3 heterocycles. The number of fused-ring (bicyclic) bond motifs is 1. The average molecular weight is 706 g/mol. The van der Waals surface area contributed by atoms with Crippen molar-refractivity contribution in [2.75, 3.05) is 5.32 Å². The first-order valence-corrected chi connectivity index (χ1v) is 13.3. The van der Waals surface area contributed by atoms with Crippen molar-refractivity contribution in [3.8, 4) is 0 Å². The zero-order valence-corrected chi connectivity index (χ0v) is 24.0. The van der Waals surface area contributed by atoms with Gasteiger partial charge in [0.15, 0.2) is 0 Å². The van der Waals surface area contributed by atoms with Gasteiger partial charge in [-0.25, -0.2) is 9.29 Å². The fourth-order valence-corrected chi connectivity index (χ4v) is 5.57. The molecule has 0 aromatic heterocycles. The third-order valence-corrected chi connectivity index (χ3v) is 7.97. The number of morpholine rings is 1. The third kappa shape index (κ3) is 5.08. The van der Waals surface area contributed by atoms with Gasteiger partial charge in [0.25, 0.3) is 29.5 Å². The van der Waals surface area contributed by atoms with Gasteiger partial charge in [-0.3, -0.25) is 24.4 Å². The molecule has 0 bridgehead atoms. The largest absolute Gasteiger partial charge is 0.363 e. The topological polar surface area (TPSA) is 394 Å². The highest BCUT2D eigenvalue weighted by molar-refractivity contribution is 6.08. The number of nitrogens with zero attached hydrogens (tertiary/aromatic N) is 2. The number of imide groups is 1. The fraction of sp³-hybridized carbons (Fsp3) is 0.400. The summed E-state index contributed by atoms with van der Waals surface area (Å²) in [5, 5.41) is 159. The second-order valence-electron chi connectivity index (χ2n) is 11.3. The van der Waals surface area contributed by atoms with E-state index in [9.17, 15) is 91.0 Å². The van der Waals surface area contributed by atoms with E-state index in [0.29, 0.717) is 12.1 Å². The molecular weight excluding hydrogens is 679 g/mol. The number of nitrogens with one attached hydrogen (secondary N) is 2. The van der Waals surface area contributed by atoms with Crippen LogP contribution in [-0.4, -0.2) is 134 Å². The van der Waals surface area contributed by atoms with Crippen LogP contribution in [0.15, 0.2) is 36.4 Å². The van der Waals surface area contributed by atoms with Crippen molar-refractivity contribution in [3.05, 3.63) is 64.5 Å². The Hall–Kier alpha value is -3.90. The van der Waals surface area contributed by atoms with Crippen LogP contribution < -0.4 is 10.6 Å². The van der Waals surface area contributed by atoms with Crippen LogP contribution in [0.1, 0.15) is 39.9 Å². The summed E-state index contributed by atoms with van der Waals surface area (Å²) in [5.74, 6) is -36.2. The van der Waals surface area contributed by atoms with Crippen molar-refractivity contribution < 1.29 is 100 Å². The fourth-order valence-electron chi connectivity index (χ4n) is 5.57. The normalized spacial score (nSPS) is 26.0. The number of hydrogen-bond acceptors (Lipinski definition) is 21. The van der Waals surface area contributed by atoms with E-state index < -0.39 is 116 Å². The number of aliphatic hydroxyl groups is 15. The Bertz CT molecular complexity index is 1740. The molecule has 3 aliphatic rings. The van der Waals surface area contributed by atoms with Gasteiger partial charge in [0.2, 0.25) is 11.6 Å². The van der Waals surface area contributed by atoms with Gasteiger partial charge in [0.1, 0.15) is 5.82 Å². The molecule has 17 N–H and O–H groups in total. The lowest BCUT2D eigenvalue weighted by atomic mass is 9.99. The monoisotopic (exact) mass is 706 g/mol.